The van der Waals surface area contributed by atoms with E-state index in [9.17, 15) is 14.0 Å². The maximum absolute atomic E-state index is 12.8. The van der Waals surface area contributed by atoms with Crippen molar-refractivity contribution in [1.29, 1.82) is 0 Å². The molecule has 1 aromatic rings. The van der Waals surface area contributed by atoms with Gasteiger partial charge in [-0.1, -0.05) is 12.1 Å². The molecule has 1 aliphatic heterocycles. The number of primary amides is 1. The minimum atomic E-state index is -1.03. The quantitative estimate of drug-likeness (QED) is 0.799. The summed E-state index contributed by atoms with van der Waals surface area (Å²) in [7, 11) is 0. The van der Waals surface area contributed by atoms with Crippen molar-refractivity contribution in [3.8, 4) is 0 Å². The van der Waals surface area contributed by atoms with Crippen LogP contribution in [0.5, 0.6) is 0 Å². The molecule has 1 amide bonds. The Morgan fingerprint density at radius 3 is 2.50 bits per heavy atom. The monoisotopic (exact) mass is 246 g/mol. The number of carbonyl (C=O) groups excluding carboxylic acids is 2. The molecule has 1 aliphatic rings. The van der Waals surface area contributed by atoms with Crippen molar-refractivity contribution in [2.75, 3.05) is 0 Å². The topological polar surface area (TPSA) is 72.5 Å². The predicted octanol–water partition coefficient (Wildman–Crippen LogP) is 1.31. The van der Waals surface area contributed by atoms with E-state index >= 15 is 0 Å². The number of benzene rings is 1. The molecule has 1 aromatic carbocycles. The zero-order valence-corrected chi connectivity index (χ0v) is 9.68. The number of ketones is 1. The molecule has 1 atom stereocenters. The summed E-state index contributed by atoms with van der Waals surface area (Å²) in [6, 6.07) is 5.42. The summed E-state index contributed by atoms with van der Waals surface area (Å²) < 4.78 is 12.8. The van der Waals surface area contributed by atoms with Crippen LogP contribution in [0.3, 0.4) is 0 Å². The predicted molar refractivity (Wildman–Crippen MR) is 65.2 cm³/mol. The van der Waals surface area contributed by atoms with Gasteiger partial charge in [-0.15, -0.1) is 0 Å². The van der Waals surface area contributed by atoms with Crippen LogP contribution >= 0.6 is 0 Å². The number of nitrogens with two attached hydrogens (primary N) is 1. The molecule has 0 radical (unpaired) electrons. The van der Waals surface area contributed by atoms with E-state index in [1.54, 1.807) is 6.92 Å². The van der Waals surface area contributed by atoms with Crippen LogP contribution in [0, 0.1) is 11.7 Å². The smallest absolute Gasteiger partial charge is 0.234 e. The zero-order chi connectivity index (χ0) is 13.3. The van der Waals surface area contributed by atoms with Crippen molar-refractivity contribution in [3.05, 3.63) is 41.8 Å². The number of allylic oxidation sites excluding steroid dienone is 1. The van der Waals surface area contributed by atoms with Gasteiger partial charge in [0.2, 0.25) is 5.91 Å². The first-order valence-corrected chi connectivity index (χ1v) is 5.34. The Labute approximate surface area is 103 Å². The summed E-state index contributed by atoms with van der Waals surface area (Å²) in [5, 5.41) is 0. The molecule has 0 fully saturated rings. The van der Waals surface area contributed by atoms with Crippen molar-refractivity contribution < 1.29 is 14.0 Å². The first-order valence-electron chi connectivity index (χ1n) is 5.34. The Bertz CT molecular complexity index is 573. The van der Waals surface area contributed by atoms with Gasteiger partial charge < -0.3 is 5.73 Å². The highest BCUT2D eigenvalue weighted by atomic mass is 19.1. The average molecular weight is 246 g/mol. The zero-order valence-electron chi connectivity index (χ0n) is 9.68. The van der Waals surface area contributed by atoms with Crippen LogP contribution in [0.2, 0.25) is 0 Å². The summed E-state index contributed by atoms with van der Waals surface area (Å²) in [4.78, 5) is 27.4. The Balaban J connectivity index is 2.43. The summed E-state index contributed by atoms with van der Waals surface area (Å²) in [6.07, 6.45) is 1.38. The normalized spacial score (nSPS) is 19.2. The van der Waals surface area contributed by atoms with Crippen LogP contribution in [-0.2, 0) is 9.59 Å². The van der Waals surface area contributed by atoms with Crippen LogP contribution < -0.4 is 5.73 Å². The lowest BCUT2D eigenvalue weighted by Crippen LogP contribution is -2.37. The van der Waals surface area contributed by atoms with E-state index in [0.717, 1.165) is 0 Å². The molecule has 2 rings (SSSR count). The number of amides is 1. The highest BCUT2D eigenvalue weighted by molar-refractivity contribution is 6.36. The molecule has 0 aromatic heterocycles. The molecule has 0 saturated carbocycles. The standard InChI is InChI=1S/C13H11FN2O2/c1-7-11(13(15)18)12(17)10(6-16-7)8-2-4-9(14)5-3-8/h2-6,11H,1H3,(H2,15,18). The molecule has 5 heteroatoms. The fourth-order valence-corrected chi connectivity index (χ4v) is 1.83. The molecule has 18 heavy (non-hydrogen) atoms. The van der Waals surface area contributed by atoms with Gasteiger partial charge in [0.05, 0.1) is 0 Å². The van der Waals surface area contributed by atoms with Gasteiger partial charge in [-0.3, -0.25) is 14.6 Å². The Morgan fingerprint density at radius 1 is 1.33 bits per heavy atom. The van der Waals surface area contributed by atoms with E-state index < -0.39 is 23.4 Å². The van der Waals surface area contributed by atoms with Crippen molar-refractivity contribution >= 4 is 23.0 Å². The number of halogens is 1. The van der Waals surface area contributed by atoms with Crippen LogP contribution in [0.1, 0.15) is 12.5 Å². The largest absolute Gasteiger partial charge is 0.369 e. The minimum Gasteiger partial charge on any atom is -0.369 e. The molecule has 1 unspecified atom stereocenters. The molecule has 0 bridgehead atoms. The maximum Gasteiger partial charge on any atom is 0.234 e. The van der Waals surface area contributed by atoms with Gasteiger partial charge in [0.15, 0.2) is 5.78 Å². The second kappa shape index (κ2) is 4.52. The third kappa shape index (κ3) is 2.07. The Morgan fingerprint density at radius 2 is 1.94 bits per heavy atom. The van der Waals surface area contributed by atoms with E-state index in [0.29, 0.717) is 11.3 Å². The summed E-state index contributed by atoms with van der Waals surface area (Å²) in [5.41, 5.74) is 6.34. The lowest BCUT2D eigenvalue weighted by molar-refractivity contribution is -0.126. The number of nitrogens with zero attached hydrogens (tertiary/aromatic N) is 1. The molecule has 1 heterocycles. The lowest BCUT2D eigenvalue weighted by Gasteiger charge is -2.17. The average Bonchev–Trinajstić information content (AvgIpc) is 2.30. The number of Topliss-reactive ketones (excluding diaryl/α,β-unsaturated/α-hetero) is 1. The fraction of sp³-hybridized carbons (Fsp3) is 0.154. The first-order chi connectivity index (χ1) is 8.50. The van der Waals surface area contributed by atoms with Crippen molar-refractivity contribution in [1.82, 2.24) is 0 Å². The summed E-state index contributed by atoms with van der Waals surface area (Å²) in [5.74, 6) is -2.56. The molecule has 2 N–H and O–H groups in total. The van der Waals surface area contributed by atoms with Gasteiger partial charge >= 0.3 is 0 Å². The van der Waals surface area contributed by atoms with Crippen LogP contribution in [0.4, 0.5) is 4.39 Å². The molecule has 0 aliphatic carbocycles. The highest BCUT2D eigenvalue weighted by Crippen LogP contribution is 2.24. The SMILES string of the molecule is CC1=NC=C(c2ccc(F)cc2)C(=O)C1C(N)=O. The van der Waals surface area contributed by atoms with E-state index in [1.165, 1.54) is 30.5 Å². The number of hydrogen-bond donors (Lipinski definition) is 1. The van der Waals surface area contributed by atoms with Crippen LogP contribution in [0.25, 0.3) is 5.57 Å². The fourth-order valence-electron chi connectivity index (χ4n) is 1.83. The van der Waals surface area contributed by atoms with Crippen LogP contribution in [0.15, 0.2) is 35.5 Å². The molecule has 0 spiro atoms. The lowest BCUT2D eigenvalue weighted by atomic mass is 9.88. The summed E-state index contributed by atoms with van der Waals surface area (Å²) >= 11 is 0. The second-order valence-electron chi connectivity index (χ2n) is 4.02. The molecule has 0 saturated heterocycles. The van der Waals surface area contributed by atoms with Gasteiger partial charge in [-0.05, 0) is 24.6 Å². The van der Waals surface area contributed by atoms with E-state index in [1.807, 2.05) is 0 Å². The van der Waals surface area contributed by atoms with Gasteiger partial charge in [0, 0.05) is 17.5 Å². The molecule has 92 valence electrons. The van der Waals surface area contributed by atoms with Crippen molar-refractivity contribution in [2.45, 2.75) is 6.92 Å². The van der Waals surface area contributed by atoms with Crippen molar-refractivity contribution in [3.63, 3.8) is 0 Å². The van der Waals surface area contributed by atoms with Crippen molar-refractivity contribution in [2.24, 2.45) is 16.6 Å². The highest BCUT2D eigenvalue weighted by Gasteiger charge is 2.32. The molecular weight excluding hydrogens is 235 g/mol. The molecule has 4 nitrogen and oxygen atoms in total. The van der Waals surface area contributed by atoms with Gasteiger partial charge in [0.1, 0.15) is 11.7 Å². The van der Waals surface area contributed by atoms with Crippen LogP contribution in [-0.4, -0.2) is 17.4 Å². The number of rotatable bonds is 2. The Hall–Kier alpha value is -2.30. The summed E-state index contributed by atoms with van der Waals surface area (Å²) in [6.45, 7) is 1.57. The second-order valence-corrected chi connectivity index (χ2v) is 4.02. The van der Waals surface area contributed by atoms with Gasteiger partial charge in [0.25, 0.3) is 0 Å². The third-order valence-corrected chi connectivity index (χ3v) is 2.78. The van der Waals surface area contributed by atoms with E-state index in [2.05, 4.69) is 4.99 Å². The van der Waals surface area contributed by atoms with E-state index in [4.69, 9.17) is 5.73 Å². The number of carbonyl (C=O) groups is 2. The van der Waals surface area contributed by atoms with Gasteiger partial charge in [-0.2, -0.15) is 0 Å². The maximum atomic E-state index is 12.8. The number of aliphatic imine (C=N–C) groups is 1. The first kappa shape index (κ1) is 12.2. The third-order valence-electron chi connectivity index (χ3n) is 2.78. The van der Waals surface area contributed by atoms with Gasteiger partial charge in [-0.25, -0.2) is 4.39 Å². The molecular formula is C13H11FN2O2. The minimum absolute atomic E-state index is 0.268. The van der Waals surface area contributed by atoms with E-state index in [-0.39, 0.29) is 5.57 Å². The number of hydrogen-bond acceptors (Lipinski definition) is 3. The Kier molecular flexibility index (Phi) is 3.06.